The number of hydrogen-bond donors (Lipinski definition) is 1. The third-order valence-corrected chi connectivity index (χ3v) is 4.21. The number of ether oxygens (including phenoxy) is 2. The van der Waals surface area contributed by atoms with E-state index < -0.39 is 23.2 Å². The number of nitrogens with zero attached hydrogens (tertiary/aromatic N) is 3. The first-order valence-electron chi connectivity index (χ1n) is 8.79. The van der Waals surface area contributed by atoms with Crippen molar-refractivity contribution in [1.82, 2.24) is 14.8 Å². The molecule has 0 unspecified atom stereocenters. The zero-order valence-corrected chi connectivity index (χ0v) is 16.2. The Morgan fingerprint density at radius 2 is 1.93 bits per heavy atom. The van der Waals surface area contributed by atoms with Gasteiger partial charge in [-0.15, -0.1) is 0 Å². The van der Waals surface area contributed by atoms with Crippen molar-refractivity contribution in [2.24, 2.45) is 7.05 Å². The van der Waals surface area contributed by atoms with Crippen molar-refractivity contribution >= 4 is 11.6 Å². The number of halogens is 2. The number of hydrogen-bond acceptors (Lipinski definition) is 5. The van der Waals surface area contributed by atoms with Crippen LogP contribution in [-0.4, -0.2) is 41.0 Å². The molecule has 2 heterocycles. The highest BCUT2D eigenvalue weighted by molar-refractivity contribution is 6.03. The number of amides is 1. The van der Waals surface area contributed by atoms with Gasteiger partial charge in [0.05, 0.1) is 12.3 Å². The maximum absolute atomic E-state index is 13.8. The fraction of sp³-hybridized carbons (Fsp3) is 0.250. The molecule has 3 aromatic rings. The maximum Gasteiger partial charge on any atom is 0.276 e. The van der Waals surface area contributed by atoms with Crippen LogP contribution in [0.1, 0.15) is 16.1 Å². The maximum atomic E-state index is 13.8. The molecule has 0 saturated heterocycles. The molecule has 0 fully saturated rings. The highest BCUT2D eigenvalue weighted by atomic mass is 19.1. The third kappa shape index (κ3) is 4.57. The van der Waals surface area contributed by atoms with Gasteiger partial charge in [0.15, 0.2) is 5.69 Å². The van der Waals surface area contributed by atoms with Gasteiger partial charge in [-0.3, -0.25) is 9.48 Å². The number of nitrogens with one attached hydrogen (secondary N) is 1. The van der Waals surface area contributed by atoms with Gasteiger partial charge in [-0.05, 0) is 30.7 Å². The van der Waals surface area contributed by atoms with Gasteiger partial charge in [0, 0.05) is 32.0 Å². The van der Waals surface area contributed by atoms with Gasteiger partial charge in [-0.1, -0.05) is 6.07 Å². The van der Waals surface area contributed by atoms with E-state index in [1.165, 1.54) is 16.8 Å². The topological polar surface area (TPSA) is 78.3 Å². The Labute approximate surface area is 166 Å². The van der Waals surface area contributed by atoms with Crippen LogP contribution in [0.15, 0.2) is 36.5 Å². The number of carbonyl (C=O) groups is 1. The first-order valence-corrected chi connectivity index (χ1v) is 8.79. The highest BCUT2D eigenvalue weighted by Gasteiger charge is 2.19. The van der Waals surface area contributed by atoms with Crippen molar-refractivity contribution in [3.63, 3.8) is 0 Å². The molecular formula is C20H20F2N4O3. The third-order valence-electron chi connectivity index (χ3n) is 4.21. The minimum absolute atomic E-state index is 0.0185. The van der Waals surface area contributed by atoms with E-state index in [2.05, 4.69) is 15.4 Å². The minimum Gasteiger partial charge on any atom is -0.475 e. The number of anilines is 1. The largest absolute Gasteiger partial charge is 0.475 e. The van der Waals surface area contributed by atoms with E-state index in [1.807, 2.05) is 6.92 Å². The minimum atomic E-state index is -0.862. The number of methoxy groups -OCH3 is 1. The number of aromatic nitrogens is 3. The van der Waals surface area contributed by atoms with E-state index in [4.69, 9.17) is 9.47 Å². The van der Waals surface area contributed by atoms with Crippen molar-refractivity contribution in [2.45, 2.75) is 6.92 Å². The van der Waals surface area contributed by atoms with Gasteiger partial charge in [-0.2, -0.15) is 5.10 Å². The van der Waals surface area contributed by atoms with Crippen LogP contribution in [0.25, 0.3) is 11.3 Å². The molecule has 29 heavy (non-hydrogen) atoms. The molecule has 9 heteroatoms. The summed E-state index contributed by atoms with van der Waals surface area (Å²) in [5.41, 5.74) is 1.74. The van der Waals surface area contributed by atoms with Crippen molar-refractivity contribution in [3.8, 4) is 17.1 Å². The molecule has 3 rings (SSSR count). The Balaban J connectivity index is 1.82. The molecule has 0 aliphatic carbocycles. The predicted octanol–water partition coefficient (Wildman–Crippen LogP) is 3.35. The average Bonchev–Trinajstić information content (AvgIpc) is 3.07. The number of carbonyl (C=O) groups excluding carboxylic acids is 1. The summed E-state index contributed by atoms with van der Waals surface area (Å²) < 4.78 is 39.5. The molecule has 0 spiro atoms. The fourth-order valence-corrected chi connectivity index (χ4v) is 2.73. The number of benzene rings is 1. The van der Waals surface area contributed by atoms with Crippen molar-refractivity contribution in [3.05, 3.63) is 59.4 Å². The zero-order valence-electron chi connectivity index (χ0n) is 16.2. The summed E-state index contributed by atoms with van der Waals surface area (Å²) in [7, 11) is 3.25. The molecule has 0 saturated carbocycles. The zero-order chi connectivity index (χ0) is 21.0. The molecule has 7 nitrogen and oxygen atoms in total. The molecule has 0 radical (unpaired) electrons. The first kappa shape index (κ1) is 20.4. The molecule has 1 N–H and O–H groups in total. The second-order valence-electron chi connectivity index (χ2n) is 6.27. The van der Waals surface area contributed by atoms with E-state index in [-0.39, 0.29) is 5.69 Å². The van der Waals surface area contributed by atoms with Gasteiger partial charge in [0.25, 0.3) is 5.91 Å². The second kappa shape index (κ2) is 8.78. The summed E-state index contributed by atoms with van der Waals surface area (Å²) >= 11 is 0. The van der Waals surface area contributed by atoms with E-state index in [0.717, 1.165) is 23.3 Å². The normalized spacial score (nSPS) is 10.8. The van der Waals surface area contributed by atoms with Gasteiger partial charge in [-0.25, -0.2) is 13.8 Å². The Hall–Kier alpha value is -3.33. The van der Waals surface area contributed by atoms with Crippen LogP contribution in [-0.2, 0) is 11.8 Å². The molecule has 0 aliphatic rings. The number of aryl methyl sites for hydroxylation is 2. The Morgan fingerprint density at radius 3 is 2.59 bits per heavy atom. The first-order chi connectivity index (χ1) is 13.9. The Bertz CT molecular complexity index is 1020. The van der Waals surface area contributed by atoms with Gasteiger partial charge in [0.1, 0.15) is 23.9 Å². The predicted molar refractivity (Wildman–Crippen MR) is 103 cm³/mol. The monoisotopic (exact) mass is 402 g/mol. The van der Waals surface area contributed by atoms with E-state index in [0.29, 0.717) is 24.8 Å². The van der Waals surface area contributed by atoms with E-state index in [1.54, 1.807) is 26.4 Å². The molecule has 0 bridgehead atoms. The molecule has 1 aromatic carbocycles. The van der Waals surface area contributed by atoms with Gasteiger partial charge < -0.3 is 14.8 Å². The van der Waals surface area contributed by atoms with Crippen LogP contribution >= 0.6 is 0 Å². The van der Waals surface area contributed by atoms with Crippen LogP contribution in [0.4, 0.5) is 14.5 Å². The molecule has 1 amide bonds. The lowest BCUT2D eigenvalue weighted by Crippen LogP contribution is -2.15. The lowest BCUT2D eigenvalue weighted by Gasteiger charge is -2.09. The van der Waals surface area contributed by atoms with Crippen LogP contribution in [0.2, 0.25) is 0 Å². The summed E-state index contributed by atoms with van der Waals surface area (Å²) in [6.45, 7) is 2.71. The summed E-state index contributed by atoms with van der Waals surface area (Å²) in [6, 6.07) is 6.65. The lowest BCUT2D eigenvalue weighted by molar-refractivity contribution is 0.102. The van der Waals surface area contributed by atoms with E-state index in [9.17, 15) is 13.6 Å². The van der Waals surface area contributed by atoms with Crippen molar-refractivity contribution < 1.29 is 23.0 Å². The molecule has 0 atom stereocenters. The van der Waals surface area contributed by atoms with Gasteiger partial charge >= 0.3 is 0 Å². The quantitative estimate of drug-likeness (QED) is 0.614. The summed E-state index contributed by atoms with van der Waals surface area (Å²) in [4.78, 5) is 16.7. The highest BCUT2D eigenvalue weighted by Crippen LogP contribution is 2.26. The van der Waals surface area contributed by atoms with Gasteiger partial charge in [0.2, 0.25) is 5.88 Å². The molecule has 152 valence electrons. The summed E-state index contributed by atoms with van der Waals surface area (Å²) in [6.07, 6.45) is 1.62. The standard InChI is InChI=1S/C20H20F2N4O3/c1-12-9-18(29-8-7-28-3)23-11-13(12)17-10-16(25-26(17)2)20(27)24-19-14(21)5-4-6-15(19)22/h4-6,9-11H,7-8H2,1-3H3,(H,24,27). The lowest BCUT2D eigenvalue weighted by atomic mass is 10.1. The number of para-hydroxylation sites is 1. The molecule has 0 aliphatic heterocycles. The number of rotatable bonds is 7. The second-order valence-corrected chi connectivity index (χ2v) is 6.27. The number of pyridine rings is 1. The van der Waals surface area contributed by atoms with Crippen LogP contribution in [0, 0.1) is 18.6 Å². The SMILES string of the molecule is COCCOc1cc(C)c(-c2cc(C(=O)Nc3c(F)cccc3F)nn2C)cn1. The van der Waals surface area contributed by atoms with Crippen LogP contribution in [0.5, 0.6) is 5.88 Å². The Morgan fingerprint density at radius 1 is 1.21 bits per heavy atom. The molecular weight excluding hydrogens is 382 g/mol. The molecule has 2 aromatic heterocycles. The van der Waals surface area contributed by atoms with E-state index >= 15 is 0 Å². The smallest absolute Gasteiger partial charge is 0.276 e. The summed E-state index contributed by atoms with van der Waals surface area (Å²) in [5.74, 6) is -1.99. The summed E-state index contributed by atoms with van der Waals surface area (Å²) in [5, 5.41) is 6.38. The Kier molecular flexibility index (Phi) is 6.18. The van der Waals surface area contributed by atoms with Crippen LogP contribution < -0.4 is 10.1 Å². The average molecular weight is 402 g/mol. The van der Waals surface area contributed by atoms with Crippen molar-refractivity contribution in [1.29, 1.82) is 0 Å². The van der Waals surface area contributed by atoms with Crippen molar-refractivity contribution in [2.75, 3.05) is 25.6 Å². The fourth-order valence-electron chi connectivity index (χ4n) is 2.73. The van der Waals surface area contributed by atoms with Crippen LogP contribution in [0.3, 0.4) is 0 Å².